The van der Waals surface area contributed by atoms with Crippen LogP contribution in [0.4, 0.5) is 8.78 Å². The van der Waals surface area contributed by atoms with Gasteiger partial charge in [-0.3, -0.25) is 14.6 Å². The molecule has 46 heavy (non-hydrogen) atoms. The van der Waals surface area contributed by atoms with Gasteiger partial charge in [0.05, 0.1) is 39.5 Å². The molecule has 2 amide bonds. The first-order chi connectivity index (χ1) is 22.0. The number of carbonyl (C=O) groups excluding carboxylic acids is 2. The third-order valence-electron chi connectivity index (χ3n) is 8.52. The summed E-state index contributed by atoms with van der Waals surface area (Å²) in [4.78, 5) is 35.1. The molecule has 2 aliphatic heterocycles. The summed E-state index contributed by atoms with van der Waals surface area (Å²) >= 11 is 1.24. The van der Waals surface area contributed by atoms with Gasteiger partial charge < -0.3 is 19.4 Å². The third-order valence-corrected chi connectivity index (χ3v) is 9.63. The Labute approximate surface area is 270 Å². The third kappa shape index (κ3) is 6.59. The van der Waals surface area contributed by atoms with E-state index >= 15 is 0 Å². The maximum atomic E-state index is 13.9. The lowest BCUT2D eigenvalue weighted by molar-refractivity contribution is -0.0734. The fourth-order valence-electron chi connectivity index (χ4n) is 6.41. The summed E-state index contributed by atoms with van der Waals surface area (Å²) in [6, 6.07) is 7.03. The second kappa shape index (κ2) is 13.0. The van der Waals surface area contributed by atoms with Crippen LogP contribution in [-0.2, 0) is 24.2 Å². The second-order valence-electron chi connectivity index (χ2n) is 12.6. The van der Waals surface area contributed by atoms with E-state index in [0.29, 0.717) is 75.6 Å². The van der Waals surface area contributed by atoms with Crippen molar-refractivity contribution in [3.8, 4) is 21.9 Å². The standard InChI is InChI=1S/C34H37F2N5O4S/c1-5-13-41-18-25-29(33(41)43)30(26-10-11-27(46-26)31(42)37-17-21-6-8-22(35)23(36)15-21)28(32-40-39-19(2)45-32)24(38-25)9-7-20-12-14-44-34(3,4)16-20/h6,8,10-11,15,20H,5,7,9,12-14,16-18H2,1-4H3,(H,37,42). The number of benzene rings is 1. The van der Waals surface area contributed by atoms with Crippen LogP contribution < -0.4 is 5.32 Å². The number of aryl methyl sites for hydroxylation is 2. The molecule has 6 rings (SSSR count). The minimum Gasteiger partial charge on any atom is -0.421 e. The second-order valence-corrected chi connectivity index (χ2v) is 13.7. The molecule has 242 valence electrons. The predicted octanol–water partition coefficient (Wildman–Crippen LogP) is 6.88. The van der Waals surface area contributed by atoms with Gasteiger partial charge in [-0.15, -0.1) is 21.5 Å². The van der Waals surface area contributed by atoms with Gasteiger partial charge in [0.2, 0.25) is 11.8 Å². The lowest BCUT2D eigenvalue weighted by Gasteiger charge is -2.35. The van der Waals surface area contributed by atoms with Crippen LogP contribution in [-0.4, -0.2) is 50.6 Å². The SMILES string of the molecule is CCCN1Cc2nc(CCC3CCOC(C)(C)C3)c(-c3nnc(C)o3)c(-c3ccc(C(=O)NCc4ccc(F)c(F)c4)s3)c2C1=O. The van der Waals surface area contributed by atoms with E-state index in [0.717, 1.165) is 43.5 Å². The van der Waals surface area contributed by atoms with Crippen LogP contribution >= 0.6 is 11.3 Å². The Kier molecular flexibility index (Phi) is 9.02. The smallest absolute Gasteiger partial charge is 0.261 e. The van der Waals surface area contributed by atoms with Crippen molar-refractivity contribution in [1.82, 2.24) is 25.4 Å². The maximum absolute atomic E-state index is 13.9. The molecule has 1 atom stereocenters. The highest BCUT2D eigenvalue weighted by molar-refractivity contribution is 7.17. The average molecular weight is 650 g/mol. The van der Waals surface area contributed by atoms with E-state index in [4.69, 9.17) is 14.1 Å². The zero-order valence-electron chi connectivity index (χ0n) is 26.4. The number of nitrogens with one attached hydrogen (secondary N) is 1. The molecule has 4 aromatic rings. The normalized spacial score (nSPS) is 17.4. The molecule has 1 N–H and O–H groups in total. The first kappa shape index (κ1) is 31.9. The molecule has 1 unspecified atom stereocenters. The predicted molar refractivity (Wildman–Crippen MR) is 169 cm³/mol. The number of amides is 2. The summed E-state index contributed by atoms with van der Waals surface area (Å²) < 4.78 is 39.0. The van der Waals surface area contributed by atoms with Gasteiger partial charge in [0.1, 0.15) is 0 Å². The van der Waals surface area contributed by atoms with Crippen molar-refractivity contribution >= 4 is 23.2 Å². The number of carbonyl (C=O) groups is 2. The van der Waals surface area contributed by atoms with Crippen LogP contribution in [0.2, 0.25) is 0 Å². The zero-order valence-corrected chi connectivity index (χ0v) is 27.2. The molecule has 0 radical (unpaired) electrons. The Hall–Kier alpha value is -4.03. The number of rotatable bonds is 10. The first-order valence-corrected chi connectivity index (χ1v) is 16.5. The summed E-state index contributed by atoms with van der Waals surface area (Å²) in [5, 5.41) is 11.2. The summed E-state index contributed by atoms with van der Waals surface area (Å²) in [5.41, 5.74) is 3.49. The van der Waals surface area contributed by atoms with Crippen LogP contribution in [0.15, 0.2) is 34.7 Å². The van der Waals surface area contributed by atoms with Crippen LogP contribution in [0.3, 0.4) is 0 Å². The molecule has 9 nitrogen and oxygen atoms in total. The number of pyridine rings is 1. The zero-order chi connectivity index (χ0) is 32.6. The van der Waals surface area contributed by atoms with Crippen LogP contribution in [0.5, 0.6) is 0 Å². The minimum absolute atomic E-state index is 0.0259. The van der Waals surface area contributed by atoms with Gasteiger partial charge in [-0.25, -0.2) is 8.78 Å². The number of aromatic nitrogens is 3. The molecule has 1 fully saturated rings. The molecule has 0 aliphatic carbocycles. The number of hydrogen-bond donors (Lipinski definition) is 1. The largest absolute Gasteiger partial charge is 0.421 e. The monoisotopic (exact) mass is 649 g/mol. The van der Waals surface area contributed by atoms with Gasteiger partial charge in [0, 0.05) is 37.1 Å². The van der Waals surface area contributed by atoms with Crippen molar-refractivity contribution in [1.29, 1.82) is 0 Å². The van der Waals surface area contributed by atoms with E-state index < -0.39 is 11.6 Å². The maximum Gasteiger partial charge on any atom is 0.261 e. The molecule has 0 saturated carbocycles. The lowest BCUT2D eigenvalue weighted by Crippen LogP contribution is -2.34. The van der Waals surface area contributed by atoms with Crippen LogP contribution in [0, 0.1) is 24.5 Å². The number of ether oxygens (including phenoxy) is 1. The fraction of sp³-hybridized carbons (Fsp3) is 0.441. The van der Waals surface area contributed by atoms with Crippen LogP contribution in [0.25, 0.3) is 21.9 Å². The first-order valence-electron chi connectivity index (χ1n) is 15.6. The number of hydrogen-bond acceptors (Lipinski definition) is 8. The summed E-state index contributed by atoms with van der Waals surface area (Å²) in [6.45, 7) is 9.73. The summed E-state index contributed by atoms with van der Waals surface area (Å²) in [5.74, 6) is -1.29. The highest BCUT2D eigenvalue weighted by Gasteiger charge is 2.37. The number of halogens is 2. The van der Waals surface area contributed by atoms with E-state index in [-0.39, 0.29) is 29.9 Å². The Morgan fingerprint density at radius 1 is 1.13 bits per heavy atom. The van der Waals surface area contributed by atoms with Gasteiger partial charge in [0.15, 0.2) is 11.6 Å². The van der Waals surface area contributed by atoms with Crippen molar-refractivity contribution < 1.29 is 27.5 Å². The Balaban J connectivity index is 1.39. The number of fused-ring (bicyclic) bond motifs is 1. The molecule has 1 saturated heterocycles. The molecule has 0 spiro atoms. The Bertz CT molecular complexity index is 1780. The molecule has 1 aromatic carbocycles. The average Bonchev–Trinajstić information content (AvgIpc) is 3.75. The van der Waals surface area contributed by atoms with E-state index in [2.05, 4.69) is 29.4 Å². The minimum atomic E-state index is -0.974. The lowest BCUT2D eigenvalue weighted by atomic mass is 9.84. The molecule has 3 aromatic heterocycles. The highest BCUT2D eigenvalue weighted by Crippen LogP contribution is 2.44. The van der Waals surface area contributed by atoms with E-state index in [1.807, 2.05) is 13.0 Å². The van der Waals surface area contributed by atoms with Crippen molar-refractivity contribution in [3.05, 3.63) is 75.2 Å². The number of thiophene rings is 1. The quantitative estimate of drug-likeness (QED) is 0.199. The Morgan fingerprint density at radius 3 is 2.67 bits per heavy atom. The van der Waals surface area contributed by atoms with Crippen molar-refractivity contribution in [3.63, 3.8) is 0 Å². The molecule has 12 heteroatoms. The summed E-state index contributed by atoms with van der Waals surface area (Å²) in [7, 11) is 0. The van der Waals surface area contributed by atoms with Crippen LogP contribution in [0.1, 0.15) is 89.3 Å². The van der Waals surface area contributed by atoms with Gasteiger partial charge >= 0.3 is 0 Å². The molecule has 2 aliphatic rings. The van der Waals surface area contributed by atoms with Crippen molar-refractivity contribution in [2.75, 3.05) is 13.2 Å². The molecular weight excluding hydrogens is 612 g/mol. The molecular formula is C34H37F2N5O4S. The van der Waals surface area contributed by atoms with Crippen molar-refractivity contribution in [2.45, 2.75) is 78.5 Å². The van der Waals surface area contributed by atoms with Gasteiger partial charge in [-0.1, -0.05) is 13.0 Å². The topological polar surface area (TPSA) is 110 Å². The van der Waals surface area contributed by atoms with Crippen molar-refractivity contribution in [2.24, 2.45) is 5.92 Å². The molecule has 0 bridgehead atoms. The fourth-order valence-corrected chi connectivity index (χ4v) is 7.39. The summed E-state index contributed by atoms with van der Waals surface area (Å²) in [6.07, 6.45) is 4.24. The Morgan fingerprint density at radius 2 is 1.96 bits per heavy atom. The van der Waals surface area contributed by atoms with Gasteiger partial charge in [0.25, 0.3) is 11.8 Å². The highest BCUT2D eigenvalue weighted by atomic mass is 32.1. The van der Waals surface area contributed by atoms with Gasteiger partial charge in [-0.2, -0.15) is 0 Å². The van der Waals surface area contributed by atoms with E-state index in [1.165, 1.54) is 17.4 Å². The van der Waals surface area contributed by atoms with E-state index in [9.17, 15) is 18.4 Å². The number of nitrogens with zero attached hydrogens (tertiary/aromatic N) is 4. The van der Waals surface area contributed by atoms with Gasteiger partial charge in [-0.05, 0) is 81.7 Å². The molecule has 5 heterocycles. The van der Waals surface area contributed by atoms with E-state index in [1.54, 1.807) is 17.9 Å².